The van der Waals surface area contributed by atoms with E-state index in [1.165, 1.54) is 12.1 Å². The highest BCUT2D eigenvalue weighted by atomic mass is 16.7. The quantitative estimate of drug-likeness (QED) is 0.329. The number of rotatable bonds is 8. The molecule has 3 aromatic heterocycles. The second-order valence-corrected chi connectivity index (χ2v) is 5.84. The molecule has 0 aliphatic heterocycles. The number of hydrogen-bond acceptors (Lipinski definition) is 10. The number of nitro groups is 1. The summed E-state index contributed by atoms with van der Waals surface area (Å²) in [5, 5.41) is 13.5. The van der Waals surface area contributed by atoms with Crippen LogP contribution in [0.25, 0.3) is 11.3 Å². The molecular weight excluding hydrogens is 378 g/mol. The Morgan fingerprint density at radius 3 is 2.72 bits per heavy atom. The van der Waals surface area contributed by atoms with Gasteiger partial charge < -0.3 is 10.2 Å². The van der Waals surface area contributed by atoms with E-state index in [1.54, 1.807) is 24.7 Å². The lowest BCUT2D eigenvalue weighted by Crippen LogP contribution is -2.27. The molecule has 0 unspecified atom stereocenters. The number of carbonyl (C=O) groups excluding carboxylic acids is 1. The van der Waals surface area contributed by atoms with Gasteiger partial charge in [0.05, 0.1) is 10.6 Å². The van der Waals surface area contributed by atoms with Crippen molar-refractivity contribution in [3.8, 4) is 11.3 Å². The topological polar surface area (TPSA) is 145 Å². The summed E-state index contributed by atoms with van der Waals surface area (Å²) in [7, 11) is 0. The van der Waals surface area contributed by atoms with Crippen LogP contribution >= 0.6 is 0 Å². The van der Waals surface area contributed by atoms with Gasteiger partial charge in [0.2, 0.25) is 5.82 Å². The third kappa shape index (κ3) is 5.26. The fourth-order valence-corrected chi connectivity index (χ4v) is 2.34. The van der Waals surface area contributed by atoms with Gasteiger partial charge in [-0.3, -0.25) is 15.1 Å². The number of aryl methyl sites for hydroxylation is 1. The molecule has 0 radical (unpaired) electrons. The number of carbonyl (C=O) groups is 1. The van der Waals surface area contributed by atoms with Gasteiger partial charge in [0, 0.05) is 43.3 Å². The summed E-state index contributed by atoms with van der Waals surface area (Å²) in [4.78, 5) is 43.4. The lowest BCUT2D eigenvalue weighted by Gasteiger charge is -2.08. The molecule has 3 heterocycles. The molecule has 11 heteroatoms. The van der Waals surface area contributed by atoms with E-state index in [0.717, 1.165) is 17.3 Å². The Kier molecular flexibility index (Phi) is 6.32. The third-order valence-electron chi connectivity index (χ3n) is 3.75. The van der Waals surface area contributed by atoms with Gasteiger partial charge in [-0.1, -0.05) is 0 Å². The minimum absolute atomic E-state index is 0.0769. The van der Waals surface area contributed by atoms with E-state index in [4.69, 9.17) is 4.84 Å². The summed E-state index contributed by atoms with van der Waals surface area (Å²) < 4.78 is 0. The zero-order valence-electron chi connectivity index (χ0n) is 15.4. The molecule has 11 nitrogen and oxygen atoms in total. The number of hydroxylamine groups is 1. The maximum Gasteiger partial charge on any atom is 0.395 e. The molecule has 0 amide bonds. The second kappa shape index (κ2) is 9.28. The summed E-state index contributed by atoms with van der Waals surface area (Å²) in [6, 6.07) is 6.46. The standard InChI is InChI=1S/C18H17N7O4/c1-12-9-22-17(24-16(12)13-3-2-6-19-10-13)18(26)29-23-8-7-20-15-5-4-14(11-21-15)25(27)28/h2-6,9-11,23H,7-8H2,1H3,(H,20,21). The lowest BCUT2D eigenvalue weighted by atomic mass is 10.1. The molecule has 0 saturated heterocycles. The monoisotopic (exact) mass is 395 g/mol. The van der Waals surface area contributed by atoms with Gasteiger partial charge in [-0.25, -0.2) is 19.7 Å². The van der Waals surface area contributed by atoms with Crippen molar-refractivity contribution in [1.82, 2.24) is 25.4 Å². The summed E-state index contributed by atoms with van der Waals surface area (Å²) in [6.07, 6.45) is 6.01. The first-order valence-electron chi connectivity index (χ1n) is 8.57. The van der Waals surface area contributed by atoms with E-state index in [0.29, 0.717) is 18.1 Å². The molecule has 0 saturated carbocycles. The van der Waals surface area contributed by atoms with Crippen LogP contribution in [0.5, 0.6) is 0 Å². The Bertz CT molecular complexity index is 997. The highest BCUT2D eigenvalue weighted by Gasteiger charge is 2.14. The molecule has 3 aromatic rings. The molecule has 148 valence electrons. The van der Waals surface area contributed by atoms with Crippen LogP contribution in [-0.4, -0.2) is 43.9 Å². The largest absolute Gasteiger partial charge is 0.395 e. The van der Waals surface area contributed by atoms with Crippen LogP contribution in [0.1, 0.15) is 16.2 Å². The van der Waals surface area contributed by atoms with Gasteiger partial charge >= 0.3 is 5.97 Å². The first-order chi connectivity index (χ1) is 14.0. The Hall–Kier alpha value is -3.99. The van der Waals surface area contributed by atoms with Crippen molar-refractivity contribution in [2.24, 2.45) is 0 Å². The number of aromatic nitrogens is 4. The highest BCUT2D eigenvalue weighted by Crippen LogP contribution is 2.19. The van der Waals surface area contributed by atoms with Crippen molar-refractivity contribution in [3.63, 3.8) is 0 Å². The fraction of sp³-hybridized carbons (Fsp3) is 0.167. The average Bonchev–Trinajstić information content (AvgIpc) is 2.74. The van der Waals surface area contributed by atoms with Crippen molar-refractivity contribution in [2.45, 2.75) is 6.92 Å². The second-order valence-electron chi connectivity index (χ2n) is 5.84. The first kappa shape index (κ1) is 19.8. The van der Waals surface area contributed by atoms with Crippen LogP contribution in [0.2, 0.25) is 0 Å². The van der Waals surface area contributed by atoms with Crippen molar-refractivity contribution < 1.29 is 14.6 Å². The molecule has 3 rings (SSSR count). The van der Waals surface area contributed by atoms with Gasteiger partial charge in [-0.15, -0.1) is 0 Å². The maximum atomic E-state index is 12.2. The summed E-state index contributed by atoms with van der Waals surface area (Å²) >= 11 is 0. The van der Waals surface area contributed by atoms with E-state index < -0.39 is 10.9 Å². The van der Waals surface area contributed by atoms with Gasteiger partial charge in [0.25, 0.3) is 5.69 Å². The molecule has 0 aliphatic carbocycles. The third-order valence-corrected chi connectivity index (χ3v) is 3.75. The minimum Gasteiger partial charge on any atom is -0.369 e. The van der Waals surface area contributed by atoms with E-state index >= 15 is 0 Å². The Morgan fingerprint density at radius 2 is 2.03 bits per heavy atom. The van der Waals surface area contributed by atoms with Crippen LogP contribution in [0.15, 0.2) is 49.1 Å². The van der Waals surface area contributed by atoms with Crippen LogP contribution in [0.4, 0.5) is 11.5 Å². The van der Waals surface area contributed by atoms with E-state index in [2.05, 4.69) is 30.7 Å². The highest BCUT2D eigenvalue weighted by molar-refractivity contribution is 5.85. The molecule has 29 heavy (non-hydrogen) atoms. The predicted molar refractivity (Wildman–Crippen MR) is 103 cm³/mol. The zero-order valence-corrected chi connectivity index (χ0v) is 15.4. The molecule has 0 bridgehead atoms. The Balaban J connectivity index is 1.49. The fourth-order valence-electron chi connectivity index (χ4n) is 2.34. The molecule has 0 spiro atoms. The van der Waals surface area contributed by atoms with Gasteiger partial charge in [-0.2, -0.15) is 5.48 Å². The number of pyridine rings is 2. The number of nitrogens with zero attached hydrogens (tertiary/aromatic N) is 5. The predicted octanol–water partition coefficient (Wildman–Crippen LogP) is 1.92. The SMILES string of the molecule is Cc1cnc(C(=O)ONCCNc2ccc([N+](=O)[O-])cn2)nc1-c1cccnc1. The van der Waals surface area contributed by atoms with E-state index in [9.17, 15) is 14.9 Å². The molecule has 0 atom stereocenters. The van der Waals surface area contributed by atoms with Gasteiger partial charge in [0.1, 0.15) is 12.0 Å². The lowest BCUT2D eigenvalue weighted by molar-refractivity contribution is -0.385. The van der Waals surface area contributed by atoms with Gasteiger partial charge in [0.15, 0.2) is 0 Å². The van der Waals surface area contributed by atoms with Crippen molar-refractivity contribution >= 4 is 17.5 Å². The summed E-state index contributed by atoms with van der Waals surface area (Å²) in [5.74, 6) is -0.331. The van der Waals surface area contributed by atoms with E-state index in [-0.39, 0.29) is 18.1 Å². The van der Waals surface area contributed by atoms with Crippen molar-refractivity contribution in [1.29, 1.82) is 0 Å². The van der Waals surface area contributed by atoms with E-state index in [1.807, 2.05) is 13.0 Å². The number of nitrogens with one attached hydrogen (secondary N) is 2. The Morgan fingerprint density at radius 1 is 1.17 bits per heavy atom. The summed E-state index contributed by atoms with van der Waals surface area (Å²) in [5.41, 5.74) is 4.61. The summed E-state index contributed by atoms with van der Waals surface area (Å²) in [6.45, 7) is 2.48. The number of hydrogen-bond donors (Lipinski definition) is 2. The maximum absolute atomic E-state index is 12.2. The van der Waals surface area contributed by atoms with Crippen LogP contribution < -0.4 is 10.8 Å². The van der Waals surface area contributed by atoms with Crippen molar-refractivity contribution in [2.75, 3.05) is 18.4 Å². The average molecular weight is 395 g/mol. The smallest absolute Gasteiger partial charge is 0.369 e. The first-order valence-corrected chi connectivity index (χ1v) is 8.57. The van der Waals surface area contributed by atoms with Crippen LogP contribution in [0.3, 0.4) is 0 Å². The normalized spacial score (nSPS) is 10.4. The molecule has 0 aromatic carbocycles. The van der Waals surface area contributed by atoms with Crippen LogP contribution in [0, 0.1) is 17.0 Å². The van der Waals surface area contributed by atoms with Crippen LogP contribution in [-0.2, 0) is 4.84 Å². The molecular formula is C18H17N7O4. The van der Waals surface area contributed by atoms with Crippen molar-refractivity contribution in [3.05, 3.63) is 70.6 Å². The minimum atomic E-state index is -0.719. The Labute approximate surface area is 165 Å². The number of anilines is 1. The molecule has 2 N–H and O–H groups in total. The molecule has 0 fully saturated rings. The van der Waals surface area contributed by atoms with Gasteiger partial charge in [-0.05, 0) is 30.7 Å². The zero-order chi connectivity index (χ0) is 20.6. The molecule has 0 aliphatic rings.